The van der Waals surface area contributed by atoms with Gasteiger partial charge < -0.3 is 4.57 Å². The number of nitrogens with zero attached hydrogens (tertiary/aromatic N) is 1. The molecule has 32 heavy (non-hydrogen) atoms. The van der Waals surface area contributed by atoms with Crippen molar-refractivity contribution >= 4 is 27.4 Å². The summed E-state index contributed by atoms with van der Waals surface area (Å²) in [5.41, 5.74) is 10.8. The summed E-state index contributed by atoms with van der Waals surface area (Å²) in [6.07, 6.45) is 4.11. The minimum absolute atomic E-state index is 1.03. The molecule has 0 saturated heterocycles. The average molecular weight is 414 g/mol. The highest BCUT2D eigenvalue weighted by Crippen LogP contribution is 2.36. The Morgan fingerprint density at radius 2 is 1.38 bits per heavy atom. The zero-order valence-corrected chi connectivity index (χ0v) is 18.9. The van der Waals surface area contributed by atoms with E-state index in [1.165, 1.54) is 49.7 Å². The topological polar surface area (TPSA) is 4.93 Å². The fraction of sp³-hybridized carbons (Fsp3) is 0.0968. The Bertz CT molecular complexity index is 1480. The lowest BCUT2D eigenvalue weighted by atomic mass is 10.0. The molecule has 0 saturated carbocycles. The fourth-order valence-corrected chi connectivity index (χ4v) is 4.69. The monoisotopic (exact) mass is 413 g/mol. The molecule has 0 fully saturated rings. The van der Waals surface area contributed by atoms with Crippen LogP contribution in [-0.2, 0) is 0 Å². The van der Waals surface area contributed by atoms with Gasteiger partial charge in [-0.1, -0.05) is 67.3 Å². The van der Waals surface area contributed by atoms with Crippen molar-refractivity contribution < 1.29 is 0 Å². The number of aromatic nitrogens is 1. The Morgan fingerprint density at radius 1 is 0.719 bits per heavy atom. The van der Waals surface area contributed by atoms with Gasteiger partial charge in [-0.05, 0) is 90.6 Å². The van der Waals surface area contributed by atoms with Gasteiger partial charge in [-0.3, -0.25) is 0 Å². The summed E-state index contributed by atoms with van der Waals surface area (Å²) in [5, 5.41) is 2.51. The lowest BCUT2D eigenvalue weighted by Gasteiger charge is -2.11. The summed E-state index contributed by atoms with van der Waals surface area (Å²) in [6, 6.07) is 30.9. The first kappa shape index (κ1) is 20.1. The van der Waals surface area contributed by atoms with E-state index in [1.807, 2.05) is 13.0 Å². The van der Waals surface area contributed by atoms with Crippen molar-refractivity contribution in [2.75, 3.05) is 0 Å². The molecule has 0 aliphatic rings. The van der Waals surface area contributed by atoms with Crippen molar-refractivity contribution in [1.82, 2.24) is 4.57 Å². The van der Waals surface area contributed by atoms with E-state index < -0.39 is 0 Å². The summed E-state index contributed by atoms with van der Waals surface area (Å²) in [5.74, 6) is 0. The minimum atomic E-state index is 1.03. The molecule has 0 bridgehead atoms. The van der Waals surface area contributed by atoms with E-state index in [4.69, 9.17) is 0 Å². The predicted octanol–water partition coefficient (Wildman–Crippen LogP) is 8.66. The lowest BCUT2D eigenvalue weighted by molar-refractivity contribution is 1.16. The predicted molar refractivity (Wildman–Crippen MR) is 140 cm³/mol. The molecule has 1 heterocycles. The van der Waals surface area contributed by atoms with E-state index in [0.717, 1.165) is 11.1 Å². The van der Waals surface area contributed by atoms with Crippen molar-refractivity contribution in [2.24, 2.45) is 0 Å². The van der Waals surface area contributed by atoms with E-state index in [0.29, 0.717) is 0 Å². The van der Waals surface area contributed by atoms with Gasteiger partial charge in [0.05, 0.1) is 11.0 Å². The Balaban J connectivity index is 1.85. The van der Waals surface area contributed by atoms with Gasteiger partial charge in [0.1, 0.15) is 0 Å². The van der Waals surface area contributed by atoms with Gasteiger partial charge in [0.25, 0.3) is 0 Å². The van der Waals surface area contributed by atoms with E-state index in [1.54, 1.807) is 0 Å². The largest absolute Gasteiger partial charge is 0.309 e. The van der Waals surface area contributed by atoms with Crippen LogP contribution in [0.3, 0.4) is 0 Å². The molecule has 0 unspecified atom stereocenters. The summed E-state index contributed by atoms with van der Waals surface area (Å²) in [4.78, 5) is 0. The number of fused-ring (bicyclic) bond motifs is 3. The van der Waals surface area contributed by atoms with Crippen LogP contribution in [0.4, 0.5) is 0 Å². The molecule has 0 amide bonds. The molecule has 1 nitrogen and oxygen atoms in total. The van der Waals surface area contributed by atoms with Crippen LogP contribution in [-0.4, -0.2) is 4.57 Å². The van der Waals surface area contributed by atoms with Gasteiger partial charge in [0.15, 0.2) is 0 Å². The van der Waals surface area contributed by atoms with E-state index in [9.17, 15) is 0 Å². The molecule has 1 aromatic heterocycles. The Hall–Kier alpha value is -3.84. The van der Waals surface area contributed by atoms with E-state index in [-0.39, 0.29) is 0 Å². The van der Waals surface area contributed by atoms with Crippen LogP contribution in [0.5, 0.6) is 0 Å². The van der Waals surface area contributed by atoms with Crippen LogP contribution in [0.15, 0.2) is 104 Å². The minimum Gasteiger partial charge on any atom is -0.309 e. The zero-order valence-electron chi connectivity index (χ0n) is 18.9. The fourth-order valence-electron chi connectivity index (χ4n) is 4.69. The van der Waals surface area contributed by atoms with Crippen LogP contribution in [0, 0.1) is 13.8 Å². The number of benzene rings is 4. The maximum atomic E-state index is 4.26. The molecule has 0 N–H and O–H groups in total. The summed E-state index contributed by atoms with van der Waals surface area (Å²) in [7, 11) is 0. The normalized spacial score (nSPS) is 11.6. The van der Waals surface area contributed by atoms with Crippen molar-refractivity contribution in [3.8, 4) is 16.8 Å². The zero-order chi connectivity index (χ0) is 22.2. The second kappa shape index (κ2) is 8.01. The van der Waals surface area contributed by atoms with Gasteiger partial charge in [-0.2, -0.15) is 0 Å². The third-order valence-electron chi connectivity index (χ3n) is 6.08. The lowest BCUT2D eigenvalue weighted by Crippen LogP contribution is -1.95. The van der Waals surface area contributed by atoms with Crippen LogP contribution in [0.2, 0.25) is 0 Å². The summed E-state index contributed by atoms with van der Waals surface area (Å²) < 4.78 is 2.39. The third kappa shape index (κ3) is 3.46. The molecule has 1 heteroatoms. The first-order valence-electron chi connectivity index (χ1n) is 11.1. The van der Waals surface area contributed by atoms with E-state index >= 15 is 0 Å². The van der Waals surface area contributed by atoms with Gasteiger partial charge in [-0.15, -0.1) is 0 Å². The molecular formula is C31H27N. The number of rotatable bonds is 4. The third-order valence-corrected chi connectivity index (χ3v) is 6.08. The number of allylic oxidation sites excluding steroid dienone is 3. The maximum Gasteiger partial charge on any atom is 0.0541 e. The molecule has 0 radical (unpaired) electrons. The molecule has 0 aliphatic carbocycles. The van der Waals surface area contributed by atoms with Crippen molar-refractivity contribution in [1.29, 1.82) is 0 Å². The van der Waals surface area contributed by atoms with Crippen LogP contribution < -0.4 is 0 Å². The van der Waals surface area contributed by atoms with Crippen molar-refractivity contribution in [2.45, 2.75) is 20.8 Å². The average Bonchev–Trinajstić information content (AvgIpc) is 3.12. The smallest absolute Gasteiger partial charge is 0.0541 e. The number of hydrogen-bond acceptors (Lipinski definition) is 0. The van der Waals surface area contributed by atoms with Crippen LogP contribution >= 0.6 is 0 Å². The van der Waals surface area contributed by atoms with Crippen LogP contribution in [0.1, 0.15) is 23.6 Å². The number of aryl methyl sites for hydroxylation is 2. The first-order chi connectivity index (χ1) is 15.5. The maximum absolute atomic E-state index is 4.26. The molecular weight excluding hydrogens is 386 g/mol. The first-order valence-corrected chi connectivity index (χ1v) is 11.1. The quantitative estimate of drug-likeness (QED) is 0.260. The SMILES string of the molecule is C=C(/C=C\C)c1ccc2c(c1)c1cc(-c3ccccc3)ccc1n2-c1cc(C)cc(C)c1. The molecule has 4 aromatic carbocycles. The van der Waals surface area contributed by atoms with E-state index in [2.05, 4.69) is 116 Å². The van der Waals surface area contributed by atoms with Crippen molar-refractivity contribution in [3.05, 3.63) is 120 Å². The summed E-state index contributed by atoms with van der Waals surface area (Å²) >= 11 is 0. The highest BCUT2D eigenvalue weighted by Gasteiger charge is 2.15. The Labute approximate surface area is 190 Å². The van der Waals surface area contributed by atoms with Gasteiger partial charge >= 0.3 is 0 Å². The second-order valence-electron chi connectivity index (χ2n) is 8.54. The Morgan fingerprint density at radius 3 is 2.06 bits per heavy atom. The standard InChI is InChI=1S/C31H27N/c1-5-9-23(4)25-12-14-30-28(19-25)29-20-26(24-10-7-6-8-11-24)13-15-31(29)32(30)27-17-21(2)16-22(3)18-27/h5-20H,4H2,1-3H3/b9-5-. The second-order valence-corrected chi connectivity index (χ2v) is 8.54. The van der Waals surface area contributed by atoms with Gasteiger partial charge in [0, 0.05) is 16.5 Å². The number of hydrogen-bond donors (Lipinski definition) is 0. The molecule has 0 atom stereocenters. The molecule has 5 rings (SSSR count). The van der Waals surface area contributed by atoms with Crippen LogP contribution in [0.25, 0.3) is 44.2 Å². The molecule has 0 aliphatic heterocycles. The summed E-state index contributed by atoms with van der Waals surface area (Å²) in [6.45, 7) is 10.6. The molecule has 0 spiro atoms. The Kier molecular flexibility index (Phi) is 5.03. The van der Waals surface area contributed by atoms with Crippen molar-refractivity contribution in [3.63, 3.8) is 0 Å². The van der Waals surface area contributed by atoms with Gasteiger partial charge in [-0.25, -0.2) is 0 Å². The highest BCUT2D eigenvalue weighted by molar-refractivity contribution is 6.11. The molecule has 5 aromatic rings. The van der Waals surface area contributed by atoms with Gasteiger partial charge in [0.2, 0.25) is 0 Å². The highest BCUT2D eigenvalue weighted by atomic mass is 15.0. The molecule has 156 valence electrons.